The first-order chi connectivity index (χ1) is 14.2. The van der Waals surface area contributed by atoms with E-state index in [0.29, 0.717) is 24.8 Å². The molecule has 0 aliphatic heterocycles. The fraction of sp³-hybridized carbons (Fsp3) is 0.409. The Labute approximate surface area is 170 Å². The summed E-state index contributed by atoms with van der Waals surface area (Å²) in [6, 6.07) is 12.5. The molecule has 0 saturated heterocycles. The van der Waals surface area contributed by atoms with Crippen LogP contribution in [-0.2, 0) is 4.79 Å². The molecule has 1 saturated carbocycles. The molecule has 0 radical (unpaired) electrons. The summed E-state index contributed by atoms with van der Waals surface area (Å²) in [6.45, 7) is 2.72. The fourth-order valence-corrected chi connectivity index (χ4v) is 3.92. The molecule has 1 aromatic carbocycles. The maximum absolute atomic E-state index is 12.3. The van der Waals surface area contributed by atoms with Crippen LogP contribution in [0.2, 0.25) is 0 Å². The number of carbonyl (C=O) groups excluding carboxylic acids is 1. The van der Waals surface area contributed by atoms with Gasteiger partial charge in [0, 0.05) is 24.7 Å². The van der Waals surface area contributed by atoms with E-state index in [1.54, 1.807) is 6.20 Å². The zero-order chi connectivity index (χ0) is 20.1. The van der Waals surface area contributed by atoms with Gasteiger partial charge in [-0.25, -0.2) is 4.98 Å². The van der Waals surface area contributed by atoms with E-state index in [9.17, 15) is 4.79 Å². The number of hydrogen-bond donors (Lipinski definition) is 4. The van der Waals surface area contributed by atoms with E-state index in [0.717, 1.165) is 29.6 Å². The number of aromatic nitrogens is 3. The molecule has 1 aliphatic carbocycles. The second kappa shape index (κ2) is 9.05. The van der Waals surface area contributed by atoms with Crippen molar-refractivity contribution in [3.63, 3.8) is 0 Å². The molecule has 7 nitrogen and oxygen atoms in total. The van der Waals surface area contributed by atoms with Crippen molar-refractivity contribution in [3.8, 4) is 0 Å². The van der Waals surface area contributed by atoms with Gasteiger partial charge in [0.05, 0.1) is 17.6 Å². The molecule has 1 aliphatic rings. The van der Waals surface area contributed by atoms with E-state index in [-0.39, 0.29) is 11.9 Å². The molecular formula is C22H28N6O. The molecule has 1 unspecified atom stereocenters. The zero-order valence-electron chi connectivity index (χ0n) is 16.7. The molecule has 1 atom stereocenters. The molecule has 29 heavy (non-hydrogen) atoms. The minimum Gasteiger partial charge on any atom is -0.357 e. The third-order valence-corrected chi connectivity index (χ3v) is 5.63. The molecule has 2 heterocycles. The second-order valence-electron chi connectivity index (χ2n) is 7.78. The van der Waals surface area contributed by atoms with E-state index >= 15 is 0 Å². The van der Waals surface area contributed by atoms with Gasteiger partial charge < -0.3 is 10.6 Å². The Morgan fingerprint density at radius 3 is 2.83 bits per heavy atom. The topological polar surface area (TPSA) is 94.7 Å². The van der Waals surface area contributed by atoms with Gasteiger partial charge in [-0.05, 0) is 31.2 Å². The minimum absolute atomic E-state index is 0.0339. The highest BCUT2D eigenvalue weighted by Crippen LogP contribution is 2.28. The summed E-state index contributed by atoms with van der Waals surface area (Å²) in [4.78, 5) is 16.8. The summed E-state index contributed by atoms with van der Waals surface area (Å²) in [5.41, 5.74) is 2.08. The highest BCUT2D eigenvalue weighted by atomic mass is 16.1. The van der Waals surface area contributed by atoms with Gasteiger partial charge in [0.25, 0.3) is 0 Å². The Hall–Kier alpha value is -2.93. The molecule has 4 N–H and O–H groups in total. The Balaban J connectivity index is 1.32. The van der Waals surface area contributed by atoms with Gasteiger partial charge in [-0.2, -0.15) is 5.10 Å². The normalized spacial score (nSPS) is 15.5. The predicted molar refractivity (Wildman–Crippen MR) is 116 cm³/mol. The first-order valence-corrected chi connectivity index (χ1v) is 10.3. The number of fused-ring (bicyclic) bond motifs is 1. The van der Waals surface area contributed by atoms with E-state index in [4.69, 9.17) is 0 Å². The van der Waals surface area contributed by atoms with Gasteiger partial charge in [0.2, 0.25) is 5.91 Å². The standard InChI is InChI=1S/C22H28N6O/c1-15(17-9-3-2-4-10-17)24-14-25-20-12-19-18(13-23-20)22(28-27-19)26-21(29)11-16-7-5-6-8-16/h2-4,9-10,12-13,15-16,24H,5-8,11,14H2,1H3,(H,23,25)(H2,26,27,28,29). The average Bonchev–Trinajstić information content (AvgIpc) is 3.38. The number of aromatic amines is 1. The first-order valence-electron chi connectivity index (χ1n) is 10.3. The highest BCUT2D eigenvalue weighted by molar-refractivity contribution is 5.99. The van der Waals surface area contributed by atoms with Crippen molar-refractivity contribution in [1.29, 1.82) is 0 Å². The van der Waals surface area contributed by atoms with Crippen molar-refractivity contribution < 1.29 is 4.79 Å². The molecular weight excluding hydrogens is 364 g/mol. The van der Waals surface area contributed by atoms with E-state index < -0.39 is 0 Å². The molecule has 3 aromatic rings. The number of pyridine rings is 1. The van der Waals surface area contributed by atoms with E-state index in [1.807, 2.05) is 24.3 Å². The number of H-pyrrole nitrogens is 1. The van der Waals surface area contributed by atoms with Crippen molar-refractivity contribution in [2.45, 2.75) is 45.1 Å². The van der Waals surface area contributed by atoms with Gasteiger partial charge in [-0.15, -0.1) is 0 Å². The molecule has 4 rings (SSSR count). The quantitative estimate of drug-likeness (QED) is 0.431. The Morgan fingerprint density at radius 2 is 2.03 bits per heavy atom. The number of anilines is 2. The minimum atomic E-state index is 0.0339. The SMILES string of the molecule is CC(NCNc1cc2[nH]nc(NC(=O)CC3CCCC3)c2cn1)c1ccccc1. The molecule has 1 amide bonds. The van der Waals surface area contributed by atoms with Crippen molar-refractivity contribution in [2.24, 2.45) is 5.92 Å². The Kier molecular flexibility index (Phi) is 6.05. The predicted octanol–water partition coefficient (Wildman–Crippen LogP) is 4.20. The van der Waals surface area contributed by atoms with E-state index in [2.05, 4.69) is 50.2 Å². The zero-order valence-corrected chi connectivity index (χ0v) is 16.7. The number of nitrogens with one attached hydrogen (secondary N) is 4. The smallest absolute Gasteiger partial charge is 0.225 e. The maximum atomic E-state index is 12.3. The molecule has 0 bridgehead atoms. The number of hydrogen-bond acceptors (Lipinski definition) is 5. The van der Waals surface area contributed by atoms with Crippen LogP contribution in [0.15, 0.2) is 42.6 Å². The van der Waals surface area contributed by atoms with Gasteiger partial charge in [0.15, 0.2) is 5.82 Å². The summed E-state index contributed by atoms with van der Waals surface area (Å²) < 4.78 is 0. The van der Waals surface area contributed by atoms with Crippen LogP contribution in [0.4, 0.5) is 11.6 Å². The van der Waals surface area contributed by atoms with Crippen molar-refractivity contribution in [3.05, 3.63) is 48.2 Å². The molecule has 152 valence electrons. The monoisotopic (exact) mass is 392 g/mol. The largest absolute Gasteiger partial charge is 0.357 e. The van der Waals surface area contributed by atoms with Gasteiger partial charge >= 0.3 is 0 Å². The Morgan fingerprint density at radius 1 is 1.24 bits per heavy atom. The summed E-state index contributed by atoms with van der Waals surface area (Å²) in [5.74, 6) is 1.85. The summed E-state index contributed by atoms with van der Waals surface area (Å²) in [6.07, 6.45) is 7.11. The van der Waals surface area contributed by atoms with Gasteiger partial charge in [-0.1, -0.05) is 43.2 Å². The number of carbonyl (C=O) groups is 1. The number of nitrogens with zero attached hydrogens (tertiary/aromatic N) is 2. The summed E-state index contributed by atoms with van der Waals surface area (Å²) in [7, 11) is 0. The lowest BCUT2D eigenvalue weighted by molar-refractivity contribution is -0.117. The number of amides is 1. The molecule has 0 spiro atoms. The third-order valence-electron chi connectivity index (χ3n) is 5.63. The lowest BCUT2D eigenvalue weighted by atomic mass is 10.0. The number of benzene rings is 1. The molecule has 1 fully saturated rings. The lowest BCUT2D eigenvalue weighted by Gasteiger charge is -2.15. The van der Waals surface area contributed by atoms with Crippen LogP contribution in [0.3, 0.4) is 0 Å². The van der Waals surface area contributed by atoms with Crippen molar-refractivity contribution >= 4 is 28.4 Å². The summed E-state index contributed by atoms with van der Waals surface area (Å²) in [5, 5.41) is 17.7. The van der Waals surface area contributed by atoms with Crippen LogP contribution >= 0.6 is 0 Å². The average molecular weight is 393 g/mol. The fourth-order valence-electron chi connectivity index (χ4n) is 3.92. The molecule has 2 aromatic heterocycles. The number of rotatable bonds is 8. The van der Waals surface area contributed by atoms with Gasteiger partial charge in [-0.3, -0.25) is 15.2 Å². The van der Waals surface area contributed by atoms with Crippen LogP contribution in [0.1, 0.15) is 50.6 Å². The Bertz CT molecular complexity index is 948. The highest BCUT2D eigenvalue weighted by Gasteiger charge is 2.19. The van der Waals surface area contributed by atoms with Crippen LogP contribution in [0, 0.1) is 5.92 Å². The second-order valence-corrected chi connectivity index (χ2v) is 7.78. The van der Waals surface area contributed by atoms with Crippen molar-refractivity contribution in [2.75, 3.05) is 17.3 Å². The van der Waals surface area contributed by atoms with Crippen LogP contribution in [0.25, 0.3) is 10.9 Å². The lowest BCUT2D eigenvalue weighted by Crippen LogP contribution is -2.25. The maximum Gasteiger partial charge on any atom is 0.225 e. The van der Waals surface area contributed by atoms with E-state index in [1.165, 1.54) is 18.4 Å². The third kappa shape index (κ3) is 4.92. The summed E-state index contributed by atoms with van der Waals surface area (Å²) >= 11 is 0. The van der Waals surface area contributed by atoms with Gasteiger partial charge in [0.1, 0.15) is 5.82 Å². The molecule has 7 heteroatoms. The van der Waals surface area contributed by atoms with Crippen LogP contribution in [-0.4, -0.2) is 27.8 Å². The van der Waals surface area contributed by atoms with Crippen molar-refractivity contribution in [1.82, 2.24) is 20.5 Å². The van der Waals surface area contributed by atoms with Crippen LogP contribution < -0.4 is 16.0 Å². The van der Waals surface area contributed by atoms with Crippen LogP contribution in [0.5, 0.6) is 0 Å². The first kappa shape index (κ1) is 19.4.